The number of hydrogen-bond acceptors (Lipinski definition) is 6. The minimum absolute atomic E-state index is 0.0153. The minimum atomic E-state index is -0.0612. The summed E-state index contributed by atoms with van der Waals surface area (Å²) < 4.78 is 13.3. The van der Waals surface area contributed by atoms with Crippen molar-refractivity contribution in [3.05, 3.63) is 48.0 Å². The molecule has 1 amide bonds. The molecule has 1 aliphatic carbocycles. The van der Waals surface area contributed by atoms with E-state index < -0.39 is 0 Å². The number of likely N-dealkylation sites (tertiary alicyclic amines) is 1. The smallest absolute Gasteiger partial charge is 0.272 e. The summed E-state index contributed by atoms with van der Waals surface area (Å²) in [5.41, 5.74) is 1.40. The lowest BCUT2D eigenvalue weighted by molar-refractivity contribution is 0.0170. The Morgan fingerprint density at radius 2 is 2.07 bits per heavy atom. The summed E-state index contributed by atoms with van der Waals surface area (Å²) in [5, 5.41) is 8.25. The van der Waals surface area contributed by atoms with Crippen molar-refractivity contribution in [3.8, 4) is 17.2 Å². The quantitative estimate of drug-likeness (QED) is 0.655. The third kappa shape index (κ3) is 3.04. The molecule has 5 rings (SSSR count). The number of carbonyl (C=O) groups is 1. The van der Waals surface area contributed by atoms with Gasteiger partial charge in [-0.3, -0.25) is 9.48 Å². The molecule has 0 spiro atoms. The highest BCUT2D eigenvalue weighted by Crippen LogP contribution is 2.39. The molecule has 0 atom stereocenters. The first-order valence-corrected chi connectivity index (χ1v) is 9.63. The van der Waals surface area contributed by atoms with Gasteiger partial charge in [0.15, 0.2) is 5.82 Å². The first-order valence-electron chi connectivity index (χ1n) is 9.63. The van der Waals surface area contributed by atoms with Gasteiger partial charge in [0.2, 0.25) is 0 Å². The van der Waals surface area contributed by atoms with Crippen molar-refractivity contribution in [2.75, 3.05) is 13.1 Å². The summed E-state index contributed by atoms with van der Waals surface area (Å²) in [4.78, 5) is 18.9. The van der Waals surface area contributed by atoms with Crippen LogP contribution in [-0.4, -0.2) is 49.9 Å². The minimum Gasteiger partial charge on any atom is -0.486 e. The maximum atomic E-state index is 12.6. The molecule has 0 radical (unpaired) electrons. The topological polar surface area (TPSA) is 86.3 Å². The molecular formula is C20H21N5O3. The third-order valence-corrected chi connectivity index (χ3v) is 5.17. The van der Waals surface area contributed by atoms with E-state index in [4.69, 9.17) is 9.26 Å². The van der Waals surface area contributed by atoms with E-state index in [1.54, 1.807) is 21.8 Å². The Balaban J connectivity index is 1.26. The fourth-order valence-electron chi connectivity index (χ4n) is 3.38. The predicted molar refractivity (Wildman–Crippen MR) is 99.9 cm³/mol. The number of rotatable bonds is 6. The molecule has 3 aromatic rings. The second kappa shape index (κ2) is 6.78. The number of carbonyl (C=O) groups excluding carboxylic acids is 1. The van der Waals surface area contributed by atoms with E-state index in [0.717, 1.165) is 24.2 Å². The number of amides is 1. The summed E-state index contributed by atoms with van der Waals surface area (Å²) in [6.45, 7) is 3.72. The van der Waals surface area contributed by atoms with E-state index in [0.29, 0.717) is 42.9 Å². The largest absolute Gasteiger partial charge is 0.486 e. The molecule has 2 aliphatic rings. The molecule has 3 heterocycles. The van der Waals surface area contributed by atoms with Gasteiger partial charge < -0.3 is 14.2 Å². The average Bonchev–Trinajstić information content (AvgIpc) is 3.23. The van der Waals surface area contributed by atoms with E-state index in [9.17, 15) is 4.79 Å². The van der Waals surface area contributed by atoms with Gasteiger partial charge in [0.05, 0.1) is 18.7 Å². The maximum absolute atomic E-state index is 12.6. The Kier molecular flexibility index (Phi) is 4.11. The molecule has 28 heavy (non-hydrogen) atoms. The third-order valence-electron chi connectivity index (χ3n) is 5.17. The number of hydrogen-bond donors (Lipinski definition) is 0. The highest BCUT2D eigenvalue weighted by atomic mass is 16.5. The van der Waals surface area contributed by atoms with E-state index in [2.05, 4.69) is 15.2 Å². The van der Waals surface area contributed by atoms with Gasteiger partial charge in [-0.25, -0.2) is 0 Å². The van der Waals surface area contributed by atoms with E-state index in [-0.39, 0.29) is 12.0 Å². The van der Waals surface area contributed by atoms with Crippen molar-refractivity contribution >= 4 is 5.91 Å². The number of aromatic nitrogens is 4. The first kappa shape index (κ1) is 17.0. The fourth-order valence-corrected chi connectivity index (χ4v) is 3.38. The van der Waals surface area contributed by atoms with Crippen LogP contribution in [0.5, 0.6) is 5.75 Å². The zero-order valence-corrected chi connectivity index (χ0v) is 15.6. The fraction of sp³-hybridized carbons (Fsp3) is 0.400. The zero-order chi connectivity index (χ0) is 19.1. The lowest BCUT2D eigenvalue weighted by atomic mass is 10.1. The van der Waals surface area contributed by atoms with Crippen molar-refractivity contribution in [3.63, 3.8) is 0 Å². The molecular weight excluding hydrogens is 358 g/mol. The van der Waals surface area contributed by atoms with Crippen LogP contribution in [0.15, 0.2) is 41.1 Å². The molecule has 0 bridgehead atoms. The van der Waals surface area contributed by atoms with Gasteiger partial charge in [-0.1, -0.05) is 17.3 Å². The van der Waals surface area contributed by atoms with E-state index >= 15 is 0 Å². The van der Waals surface area contributed by atoms with Gasteiger partial charge in [-0.15, -0.1) is 0 Å². The summed E-state index contributed by atoms with van der Waals surface area (Å²) in [6.07, 6.45) is 3.84. The molecule has 2 aromatic heterocycles. The van der Waals surface area contributed by atoms with Crippen molar-refractivity contribution < 1.29 is 14.1 Å². The van der Waals surface area contributed by atoms with E-state index in [1.165, 1.54) is 0 Å². The van der Waals surface area contributed by atoms with Crippen LogP contribution in [-0.2, 0) is 6.54 Å². The standard InChI is InChI=1S/C20H21N5O3/c1-2-25-16(9-10-21-25)20(26)24-11-14(12-24)27-17-6-4-3-5-15(17)19-22-18(23-28-19)13-7-8-13/h3-6,9-10,13-14H,2,7-8,11-12H2,1H3. The normalized spacial score (nSPS) is 16.8. The molecule has 144 valence electrons. The Hall–Kier alpha value is -3.16. The molecule has 1 aliphatic heterocycles. The van der Waals surface area contributed by atoms with Crippen LogP contribution >= 0.6 is 0 Å². The number of para-hydroxylation sites is 1. The Bertz CT molecular complexity index is 1000. The molecule has 2 fully saturated rings. The SMILES string of the molecule is CCn1nccc1C(=O)N1CC(Oc2ccccc2-c2nc(C3CC3)no2)C1. The second-order valence-electron chi connectivity index (χ2n) is 7.21. The lowest BCUT2D eigenvalue weighted by Gasteiger charge is -2.39. The Morgan fingerprint density at radius 1 is 1.25 bits per heavy atom. The molecule has 8 nitrogen and oxygen atoms in total. The van der Waals surface area contributed by atoms with Crippen molar-refractivity contribution in [2.24, 2.45) is 0 Å². The van der Waals surface area contributed by atoms with Crippen LogP contribution in [0.2, 0.25) is 0 Å². The highest BCUT2D eigenvalue weighted by Gasteiger charge is 2.35. The Morgan fingerprint density at radius 3 is 2.86 bits per heavy atom. The first-order chi connectivity index (χ1) is 13.7. The lowest BCUT2D eigenvalue weighted by Crippen LogP contribution is -2.56. The molecule has 1 saturated carbocycles. The molecule has 8 heteroatoms. The van der Waals surface area contributed by atoms with Crippen LogP contribution in [0.25, 0.3) is 11.5 Å². The van der Waals surface area contributed by atoms with Crippen LogP contribution < -0.4 is 4.74 Å². The number of benzene rings is 1. The molecule has 1 saturated heterocycles. The van der Waals surface area contributed by atoms with Crippen molar-refractivity contribution in [1.29, 1.82) is 0 Å². The summed E-state index contributed by atoms with van der Waals surface area (Å²) >= 11 is 0. The van der Waals surface area contributed by atoms with Gasteiger partial charge in [0.25, 0.3) is 11.8 Å². The second-order valence-corrected chi connectivity index (χ2v) is 7.21. The van der Waals surface area contributed by atoms with E-state index in [1.807, 2.05) is 31.2 Å². The van der Waals surface area contributed by atoms with Crippen LogP contribution in [0.3, 0.4) is 0 Å². The van der Waals surface area contributed by atoms with Gasteiger partial charge >= 0.3 is 0 Å². The molecule has 1 aromatic carbocycles. The number of nitrogens with zero attached hydrogens (tertiary/aromatic N) is 5. The zero-order valence-electron chi connectivity index (χ0n) is 15.6. The van der Waals surface area contributed by atoms with Gasteiger partial charge in [0, 0.05) is 18.7 Å². The van der Waals surface area contributed by atoms with Gasteiger partial charge in [-0.2, -0.15) is 10.1 Å². The van der Waals surface area contributed by atoms with Crippen LogP contribution in [0, 0.1) is 0 Å². The van der Waals surface area contributed by atoms with Crippen molar-refractivity contribution in [1.82, 2.24) is 24.8 Å². The summed E-state index contributed by atoms with van der Waals surface area (Å²) in [7, 11) is 0. The number of aryl methyl sites for hydroxylation is 1. The van der Waals surface area contributed by atoms with Crippen LogP contribution in [0.1, 0.15) is 42.0 Å². The summed E-state index contributed by atoms with van der Waals surface area (Å²) in [6, 6.07) is 9.40. The average molecular weight is 379 g/mol. The molecule has 0 N–H and O–H groups in total. The van der Waals surface area contributed by atoms with Crippen LogP contribution in [0.4, 0.5) is 0 Å². The highest BCUT2D eigenvalue weighted by molar-refractivity contribution is 5.93. The Labute approximate surface area is 162 Å². The van der Waals surface area contributed by atoms with Gasteiger partial charge in [-0.05, 0) is 38.0 Å². The summed E-state index contributed by atoms with van der Waals surface area (Å²) in [5.74, 6) is 2.38. The van der Waals surface area contributed by atoms with Crippen molar-refractivity contribution in [2.45, 2.75) is 38.3 Å². The van der Waals surface area contributed by atoms with Gasteiger partial charge in [0.1, 0.15) is 17.5 Å². The maximum Gasteiger partial charge on any atom is 0.272 e. The predicted octanol–water partition coefficient (Wildman–Crippen LogP) is 2.73. The molecule has 0 unspecified atom stereocenters. The monoisotopic (exact) mass is 379 g/mol. The number of ether oxygens (including phenoxy) is 1.